The molecule has 0 saturated carbocycles. The Morgan fingerprint density at radius 2 is 1.81 bits per heavy atom. The molecule has 0 aliphatic carbocycles. The Balaban J connectivity index is 1.65. The van der Waals surface area contributed by atoms with Gasteiger partial charge in [-0.25, -0.2) is 4.98 Å². The molecule has 1 aliphatic heterocycles. The Morgan fingerprint density at radius 1 is 1.08 bits per heavy atom. The molecule has 3 heterocycles. The number of benzene rings is 2. The van der Waals surface area contributed by atoms with Crippen LogP contribution in [0.4, 0.5) is 8.78 Å². The molecular formula is C26H22BrF2N3O5. The molecule has 0 radical (unpaired) electrons. The van der Waals surface area contributed by atoms with Gasteiger partial charge in [0.2, 0.25) is 0 Å². The molecule has 0 fully saturated rings. The Labute approximate surface area is 219 Å². The van der Waals surface area contributed by atoms with Crippen LogP contribution in [0, 0.1) is 6.92 Å². The maximum absolute atomic E-state index is 13.6. The molecule has 0 bridgehead atoms. The van der Waals surface area contributed by atoms with Gasteiger partial charge in [0.05, 0.1) is 18.5 Å². The summed E-state index contributed by atoms with van der Waals surface area (Å²) in [4.78, 5) is 16.9. The summed E-state index contributed by atoms with van der Waals surface area (Å²) in [7, 11) is 3.12. The number of hydrogen-bond acceptors (Lipinski definition) is 7. The lowest BCUT2D eigenvalue weighted by molar-refractivity contribution is -0.286. The van der Waals surface area contributed by atoms with Gasteiger partial charge in [0, 0.05) is 35.1 Å². The molecule has 0 spiro atoms. The molecule has 11 heteroatoms. The van der Waals surface area contributed by atoms with E-state index in [0.29, 0.717) is 34.2 Å². The first-order valence-corrected chi connectivity index (χ1v) is 12.0. The first-order chi connectivity index (χ1) is 17.4. The Hall–Kier alpha value is -3.73. The number of rotatable bonds is 5. The third-order valence-corrected chi connectivity index (χ3v) is 6.62. The average Bonchev–Trinajstić information content (AvgIpc) is 3.51. The van der Waals surface area contributed by atoms with Gasteiger partial charge in [-0.2, -0.15) is 5.10 Å². The summed E-state index contributed by atoms with van der Waals surface area (Å²) in [5.41, 5.74) is 2.68. The summed E-state index contributed by atoms with van der Waals surface area (Å²) in [6, 6.07) is 11.9. The Bertz CT molecular complexity index is 1540. The molecule has 2 aromatic carbocycles. The van der Waals surface area contributed by atoms with E-state index in [2.05, 4.69) is 35.5 Å². The first-order valence-electron chi connectivity index (χ1n) is 11.2. The number of aryl methyl sites for hydroxylation is 2. The van der Waals surface area contributed by atoms with Crippen molar-refractivity contribution >= 4 is 21.9 Å². The summed E-state index contributed by atoms with van der Waals surface area (Å²) in [6.07, 6.45) is -3.73. The maximum Gasteiger partial charge on any atom is 0.586 e. The van der Waals surface area contributed by atoms with Gasteiger partial charge in [0.15, 0.2) is 23.1 Å². The van der Waals surface area contributed by atoms with Gasteiger partial charge in [-0.1, -0.05) is 22.0 Å². The van der Waals surface area contributed by atoms with Crippen molar-refractivity contribution in [2.75, 3.05) is 7.11 Å². The smallest absolute Gasteiger partial charge is 0.468 e. The van der Waals surface area contributed by atoms with E-state index in [1.807, 2.05) is 24.3 Å². The van der Waals surface area contributed by atoms with Crippen LogP contribution in [-0.2, 0) is 22.0 Å². The van der Waals surface area contributed by atoms with Crippen LogP contribution in [0.1, 0.15) is 25.4 Å². The summed E-state index contributed by atoms with van der Waals surface area (Å²) in [5, 5.41) is 4.58. The predicted octanol–water partition coefficient (Wildman–Crippen LogP) is 6.25. The lowest BCUT2D eigenvalue weighted by Crippen LogP contribution is -2.30. The molecule has 0 amide bonds. The van der Waals surface area contributed by atoms with E-state index >= 15 is 0 Å². The molecule has 1 aliphatic rings. The van der Waals surface area contributed by atoms with Gasteiger partial charge in [-0.05, 0) is 50.2 Å². The molecule has 4 aromatic rings. The van der Waals surface area contributed by atoms with Gasteiger partial charge in [0.1, 0.15) is 11.1 Å². The number of alkyl halides is 2. The number of hydrogen-bond donors (Lipinski definition) is 0. The van der Waals surface area contributed by atoms with E-state index in [-0.39, 0.29) is 11.5 Å². The fourth-order valence-corrected chi connectivity index (χ4v) is 4.57. The van der Waals surface area contributed by atoms with Crippen molar-refractivity contribution in [3.63, 3.8) is 0 Å². The zero-order valence-corrected chi connectivity index (χ0v) is 22.1. The SMILES string of the molecule is COC(=O)C(C)(C)c1cc(-c2ccc(Br)cc2-c2oc(C)nc2-c2ccc3c(c2)OC(F)(F)O3)n(C)n1. The second kappa shape index (κ2) is 8.69. The van der Waals surface area contributed by atoms with Crippen LogP contribution in [-0.4, -0.2) is 34.1 Å². The second-order valence-electron chi connectivity index (χ2n) is 9.08. The van der Waals surface area contributed by atoms with E-state index in [9.17, 15) is 13.6 Å². The van der Waals surface area contributed by atoms with E-state index in [1.165, 1.54) is 19.2 Å². The number of fused-ring (bicyclic) bond motifs is 1. The van der Waals surface area contributed by atoms with Crippen molar-refractivity contribution in [3.05, 3.63) is 58.5 Å². The highest BCUT2D eigenvalue weighted by molar-refractivity contribution is 9.10. The van der Waals surface area contributed by atoms with E-state index in [0.717, 1.165) is 15.7 Å². The number of esters is 1. The molecule has 0 N–H and O–H groups in total. The summed E-state index contributed by atoms with van der Waals surface area (Å²) >= 11 is 3.53. The molecule has 0 atom stereocenters. The minimum absolute atomic E-state index is 0.0608. The van der Waals surface area contributed by atoms with Crippen LogP contribution in [0.5, 0.6) is 11.5 Å². The van der Waals surface area contributed by atoms with E-state index < -0.39 is 17.7 Å². The van der Waals surface area contributed by atoms with Crippen molar-refractivity contribution in [3.8, 4) is 45.3 Å². The Morgan fingerprint density at radius 3 is 2.54 bits per heavy atom. The fourth-order valence-electron chi connectivity index (χ4n) is 4.21. The summed E-state index contributed by atoms with van der Waals surface area (Å²) in [6.45, 7) is 5.19. The zero-order valence-electron chi connectivity index (χ0n) is 20.6. The third-order valence-electron chi connectivity index (χ3n) is 6.13. The lowest BCUT2D eigenvalue weighted by Gasteiger charge is -2.18. The normalized spacial score (nSPS) is 14.2. The van der Waals surface area contributed by atoms with Crippen LogP contribution in [0.3, 0.4) is 0 Å². The molecule has 0 unspecified atom stereocenters. The van der Waals surface area contributed by atoms with Crippen LogP contribution in [0.15, 0.2) is 51.4 Å². The first kappa shape index (κ1) is 24.9. The van der Waals surface area contributed by atoms with Crippen molar-refractivity contribution in [2.24, 2.45) is 7.05 Å². The van der Waals surface area contributed by atoms with Crippen LogP contribution in [0.25, 0.3) is 33.8 Å². The van der Waals surface area contributed by atoms with E-state index in [4.69, 9.17) is 9.15 Å². The number of oxazole rings is 1. The van der Waals surface area contributed by atoms with Crippen LogP contribution in [0.2, 0.25) is 0 Å². The average molecular weight is 574 g/mol. The number of halogens is 3. The van der Waals surface area contributed by atoms with Crippen molar-refractivity contribution in [1.82, 2.24) is 14.8 Å². The molecule has 8 nitrogen and oxygen atoms in total. The molecule has 192 valence electrons. The molecule has 2 aromatic heterocycles. The number of carbonyl (C=O) groups is 1. The van der Waals surface area contributed by atoms with Crippen LogP contribution < -0.4 is 9.47 Å². The van der Waals surface area contributed by atoms with E-state index in [1.54, 1.807) is 38.6 Å². The minimum atomic E-state index is -3.73. The maximum atomic E-state index is 13.6. The highest BCUT2D eigenvalue weighted by atomic mass is 79.9. The lowest BCUT2D eigenvalue weighted by atomic mass is 9.89. The topological polar surface area (TPSA) is 88.6 Å². The van der Waals surface area contributed by atoms with Gasteiger partial charge >= 0.3 is 12.3 Å². The quantitative estimate of drug-likeness (QED) is 0.260. The van der Waals surface area contributed by atoms with Crippen molar-refractivity contribution in [1.29, 1.82) is 0 Å². The Kier molecular flexibility index (Phi) is 5.86. The van der Waals surface area contributed by atoms with Crippen molar-refractivity contribution < 1.29 is 32.2 Å². The monoisotopic (exact) mass is 573 g/mol. The molecule has 5 rings (SSSR count). The molecule has 37 heavy (non-hydrogen) atoms. The fraction of sp³-hybridized carbons (Fsp3) is 0.269. The highest BCUT2D eigenvalue weighted by Gasteiger charge is 2.43. The standard InChI is InChI=1S/C26H22BrF2N3O5/c1-13-30-22(14-6-9-19-20(10-14)37-26(28,29)36-19)23(35-13)17-11-15(27)7-8-16(17)18-12-21(31-32(18)4)25(2,3)24(33)34-5/h6-12H,1-5H3. The van der Waals surface area contributed by atoms with Gasteiger partial charge in [-0.15, -0.1) is 8.78 Å². The van der Waals surface area contributed by atoms with Gasteiger partial charge in [-0.3, -0.25) is 9.48 Å². The number of aromatic nitrogens is 3. The van der Waals surface area contributed by atoms with Crippen molar-refractivity contribution in [2.45, 2.75) is 32.5 Å². The number of methoxy groups -OCH3 is 1. The molecular weight excluding hydrogens is 552 g/mol. The van der Waals surface area contributed by atoms with Gasteiger partial charge in [0.25, 0.3) is 0 Å². The summed E-state index contributed by atoms with van der Waals surface area (Å²) in [5.74, 6) is 0.250. The zero-order chi connectivity index (χ0) is 26.7. The highest BCUT2D eigenvalue weighted by Crippen LogP contribution is 2.45. The largest absolute Gasteiger partial charge is 0.586 e. The molecule has 0 saturated heterocycles. The minimum Gasteiger partial charge on any atom is -0.468 e. The second-order valence-corrected chi connectivity index (χ2v) is 10.0. The predicted molar refractivity (Wildman–Crippen MR) is 133 cm³/mol. The van der Waals surface area contributed by atoms with Crippen LogP contribution >= 0.6 is 15.9 Å². The number of carbonyl (C=O) groups excluding carboxylic acids is 1. The third kappa shape index (κ3) is 4.37. The summed E-state index contributed by atoms with van der Waals surface area (Å²) < 4.78 is 49.8. The number of nitrogens with zero attached hydrogens (tertiary/aromatic N) is 3. The van der Waals surface area contributed by atoms with Gasteiger partial charge < -0.3 is 18.6 Å². The number of ether oxygens (including phenoxy) is 3.